The molecular formula is C21H24BrFN2O. The van der Waals surface area contributed by atoms with E-state index in [1.165, 1.54) is 0 Å². The smallest absolute Gasteiger partial charge is 0.123 e. The van der Waals surface area contributed by atoms with Crippen LogP contribution in [0, 0.1) is 0 Å². The van der Waals surface area contributed by atoms with Gasteiger partial charge in [0, 0.05) is 16.4 Å². The molecule has 0 radical (unpaired) electrons. The lowest BCUT2D eigenvalue weighted by atomic mass is 9.80. The van der Waals surface area contributed by atoms with Crippen molar-refractivity contribution in [2.45, 2.75) is 51.6 Å². The van der Waals surface area contributed by atoms with Crippen LogP contribution in [-0.4, -0.2) is 14.7 Å². The Kier molecular flexibility index (Phi) is 4.97. The van der Waals surface area contributed by atoms with E-state index >= 15 is 0 Å². The molecule has 3 rings (SSSR count). The zero-order chi connectivity index (χ0) is 19.1. The van der Waals surface area contributed by atoms with Gasteiger partial charge in [-0.1, -0.05) is 22.0 Å². The maximum absolute atomic E-state index is 14.6. The van der Waals surface area contributed by atoms with Crippen LogP contribution in [0.5, 0.6) is 0 Å². The van der Waals surface area contributed by atoms with Crippen molar-refractivity contribution in [2.75, 3.05) is 0 Å². The first kappa shape index (κ1) is 19.1. The summed E-state index contributed by atoms with van der Waals surface area (Å²) in [7, 11) is 0. The minimum absolute atomic E-state index is 0.184. The third kappa shape index (κ3) is 3.55. The molecule has 2 aromatic rings. The Morgan fingerprint density at radius 1 is 1.08 bits per heavy atom. The zero-order valence-electron chi connectivity index (χ0n) is 15.6. The Bertz CT molecular complexity index is 870. The van der Waals surface area contributed by atoms with E-state index in [-0.39, 0.29) is 5.83 Å². The Morgan fingerprint density at radius 2 is 1.69 bits per heavy atom. The largest absolute Gasteiger partial charge is 0.384 e. The molecule has 0 spiro atoms. The van der Waals surface area contributed by atoms with Crippen LogP contribution in [0.4, 0.5) is 4.39 Å². The van der Waals surface area contributed by atoms with Crippen LogP contribution in [0.25, 0.3) is 5.69 Å². The van der Waals surface area contributed by atoms with Crippen LogP contribution in [-0.2, 0) is 11.0 Å². The van der Waals surface area contributed by atoms with Crippen LogP contribution >= 0.6 is 15.9 Å². The topological polar surface area (TPSA) is 38.0 Å². The molecule has 0 bridgehead atoms. The van der Waals surface area contributed by atoms with Gasteiger partial charge in [-0.2, -0.15) is 0 Å². The van der Waals surface area contributed by atoms with E-state index in [0.29, 0.717) is 17.1 Å². The molecule has 1 aliphatic rings. The van der Waals surface area contributed by atoms with Crippen molar-refractivity contribution >= 4 is 15.9 Å². The highest BCUT2D eigenvalue weighted by molar-refractivity contribution is 9.10. The number of hydrogen-bond donors (Lipinski definition) is 1. The van der Waals surface area contributed by atoms with Crippen molar-refractivity contribution in [2.24, 2.45) is 0 Å². The summed E-state index contributed by atoms with van der Waals surface area (Å²) in [5.41, 5.74) is 0.401. The molecule has 0 unspecified atom stereocenters. The van der Waals surface area contributed by atoms with Gasteiger partial charge in [0.2, 0.25) is 0 Å². The molecule has 1 aromatic heterocycles. The highest BCUT2D eigenvalue weighted by Crippen LogP contribution is 2.40. The molecule has 0 atom stereocenters. The predicted molar refractivity (Wildman–Crippen MR) is 106 cm³/mol. The maximum atomic E-state index is 14.6. The number of halogens is 2. The van der Waals surface area contributed by atoms with E-state index in [1.54, 1.807) is 19.9 Å². The number of allylic oxidation sites excluding steroid dienone is 4. The fourth-order valence-corrected chi connectivity index (χ4v) is 3.50. The molecule has 1 aliphatic carbocycles. The van der Waals surface area contributed by atoms with Gasteiger partial charge >= 0.3 is 0 Å². The third-order valence-electron chi connectivity index (χ3n) is 4.77. The monoisotopic (exact) mass is 418 g/mol. The van der Waals surface area contributed by atoms with Crippen molar-refractivity contribution in [3.8, 4) is 5.69 Å². The van der Waals surface area contributed by atoms with Crippen LogP contribution in [0.3, 0.4) is 0 Å². The summed E-state index contributed by atoms with van der Waals surface area (Å²) in [4.78, 5) is 4.73. The Morgan fingerprint density at radius 3 is 2.27 bits per heavy atom. The zero-order valence-corrected chi connectivity index (χ0v) is 17.1. The lowest BCUT2D eigenvalue weighted by molar-refractivity contribution is 0.0740. The lowest BCUT2D eigenvalue weighted by Crippen LogP contribution is -2.26. The Labute approximate surface area is 162 Å². The predicted octanol–water partition coefficient (Wildman–Crippen LogP) is 5.71. The van der Waals surface area contributed by atoms with Gasteiger partial charge < -0.3 is 9.67 Å². The highest BCUT2D eigenvalue weighted by Gasteiger charge is 2.36. The van der Waals surface area contributed by atoms with E-state index in [4.69, 9.17) is 4.98 Å². The number of hydrogen-bond acceptors (Lipinski definition) is 2. The summed E-state index contributed by atoms with van der Waals surface area (Å²) in [5.74, 6) is 0.519. The SMILES string of the molecule is CC(C)(O)c1cn(-c2ccc(Br)cc2)c(C(C)(C)C2=CCCC=C2F)n1. The molecule has 0 fully saturated rings. The molecule has 0 saturated carbocycles. The Balaban J connectivity index is 2.19. The quantitative estimate of drug-likeness (QED) is 0.689. The minimum atomic E-state index is -1.08. The number of nitrogens with zero attached hydrogens (tertiary/aromatic N) is 2. The Hall–Kier alpha value is -1.72. The fourth-order valence-electron chi connectivity index (χ4n) is 3.23. The number of imidazole rings is 1. The van der Waals surface area contributed by atoms with Gasteiger partial charge in [0.15, 0.2) is 0 Å². The first-order valence-electron chi connectivity index (χ1n) is 8.76. The molecule has 0 amide bonds. The second-order valence-corrected chi connectivity index (χ2v) is 8.64. The van der Waals surface area contributed by atoms with E-state index in [1.807, 2.05) is 55.0 Å². The summed E-state index contributed by atoms with van der Waals surface area (Å²) in [6.07, 6.45) is 6.98. The summed E-state index contributed by atoms with van der Waals surface area (Å²) in [6.45, 7) is 7.36. The standard InChI is InChI=1S/C21H24BrFN2O/c1-20(2,16-7-5-6-8-17(16)23)19-24-18(21(3,4)26)13-25(19)15-11-9-14(22)10-12-15/h7-13,26H,5-6H2,1-4H3. The molecule has 138 valence electrons. The third-order valence-corrected chi connectivity index (χ3v) is 5.29. The van der Waals surface area contributed by atoms with Crippen molar-refractivity contribution in [3.05, 3.63) is 70.0 Å². The molecule has 26 heavy (non-hydrogen) atoms. The van der Waals surface area contributed by atoms with Crippen molar-refractivity contribution in [1.29, 1.82) is 0 Å². The maximum Gasteiger partial charge on any atom is 0.123 e. The first-order valence-corrected chi connectivity index (χ1v) is 9.55. The van der Waals surface area contributed by atoms with Gasteiger partial charge in [0.05, 0.1) is 11.1 Å². The van der Waals surface area contributed by atoms with E-state index in [2.05, 4.69) is 15.9 Å². The lowest BCUT2D eigenvalue weighted by Gasteiger charge is -2.29. The number of benzene rings is 1. The van der Waals surface area contributed by atoms with Gasteiger partial charge in [-0.05, 0) is 76.5 Å². The van der Waals surface area contributed by atoms with Crippen LogP contribution in [0.2, 0.25) is 0 Å². The first-order chi connectivity index (χ1) is 12.1. The van der Waals surface area contributed by atoms with E-state index < -0.39 is 11.0 Å². The van der Waals surface area contributed by atoms with Crippen molar-refractivity contribution < 1.29 is 9.50 Å². The second kappa shape index (κ2) is 6.78. The number of aromatic nitrogens is 2. The average Bonchev–Trinajstić information content (AvgIpc) is 3.02. The minimum Gasteiger partial charge on any atom is -0.384 e. The molecule has 1 aromatic carbocycles. The van der Waals surface area contributed by atoms with Crippen LogP contribution < -0.4 is 0 Å². The molecule has 0 aliphatic heterocycles. The number of rotatable bonds is 4. The fraction of sp³-hybridized carbons (Fsp3) is 0.381. The van der Waals surface area contributed by atoms with Gasteiger partial charge in [0.1, 0.15) is 17.3 Å². The highest BCUT2D eigenvalue weighted by atomic mass is 79.9. The molecular weight excluding hydrogens is 395 g/mol. The van der Waals surface area contributed by atoms with Crippen molar-refractivity contribution in [3.63, 3.8) is 0 Å². The molecule has 0 saturated heterocycles. The van der Waals surface area contributed by atoms with E-state index in [0.717, 1.165) is 23.0 Å². The van der Waals surface area contributed by atoms with E-state index in [9.17, 15) is 9.50 Å². The summed E-state index contributed by atoms with van der Waals surface area (Å²) < 4.78 is 17.5. The number of aliphatic hydroxyl groups is 1. The molecule has 1 heterocycles. The summed E-state index contributed by atoms with van der Waals surface area (Å²) >= 11 is 3.45. The van der Waals surface area contributed by atoms with Gasteiger partial charge in [-0.15, -0.1) is 0 Å². The molecule has 1 N–H and O–H groups in total. The van der Waals surface area contributed by atoms with Crippen LogP contribution in [0.15, 0.2) is 58.5 Å². The van der Waals surface area contributed by atoms with Crippen molar-refractivity contribution in [1.82, 2.24) is 9.55 Å². The van der Waals surface area contributed by atoms with Gasteiger partial charge in [-0.3, -0.25) is 0 Å². The van der Waals surface area contributed by atoms with Gasteiger partial charge in [0.25, 0.3) is 0 Å². The van der Waals surface area contributed by atoms with Crippen LogP contribution in [0.1, 0.15) is 52.1 Å². The average molecular weight is 419 g/mol. The molecule has 3 nitrogen and oxygen atoms in total. The normalized spacial score (nSPS) is 15.7. The molecule has 5 heteroatoms. The summed E-state index contributed by atoms with van der Waals surface area (Å²) in [5, 5.41) is 10.5. The second-order valence-electron chi connectivity index (χ2n) is 7.73. The summed E-state index contributed by atoms with van der Waals surface area (Å²) in [6, 6.07) is 7.86. The van der Waals surface area contributed by atoms with Gasteiger partial charge in [-0.25, -0.2) is 9.37 Å².